The van der Waals surface area contributed by atoms with Gasteiger partial charge in [-0.05, 0) is 36.8 Å². The molecule has 0 atom stereocenters. The van der Waals surface area contributed by atoms with Gasteiger partial charge in [-0.3, -0.25) is 4.40 Å². The summed E-state index contributed by atoms with van der Waals surface area (Å²) in [5.41, 5.74) is 9.27. The van der Waals surface area contributed by atoms with Crippen LogP contribution in [0.1, 0.15) is 17.1 Å². The Morgan fingerprint density at radius 3 is 2.58 bits per heavy atom. The number of pyridine rings is 1. The van der Waals surface area contributed by atoms with Gasteiger partial charge in [-0.15, -0.1) is 10.2 Å². The molecule has 0 radical (unpaired) electrons. The van der Waals surface area contributed by atoms with E-state index < -0.39 is 0 Å². The molecule has 0 fully saturated rings. The molecule has 0 spiro atoms. The van der Waals surface area contributed by atoms with Gasteiger partial charge in [0.1, 0.15) is 11.6 Å². The van der Waals surface area contributed by atoms with Gasteiger partial charge in [0, 0.05) is 12.1 Å². The average Bonchev–Trinajstić information content (AvgIpc) is 2.80. The Kier molecular flexibility index (Phi) is 2.67. The lowest BCUT2D eigenvalue weighted by Crippen LogP contribution is -2.02. The smallest absolute Gasteiger partial charge is 0.161 e. The number of hydrogen-bond donors (Lipinski definition) is 1. The number of aromatic nitrogens is 3. The average molecular weight is 256 g/mol. The van der Waals surface area contributed by atoms with Crippen LogP contribution in [0.5, 0.6) is 0 Å². The zero-order valence-electron chi connectivity index (χ0n) is 10.5. The first-order chi connectivity index (χ1) is 9.15. The second-order valence-corrected chi connectivity index (χ2v) is 4.49. The maximum atomic E-state index is 12.9. The fourth-order valence-corrected chi connectivity index (χ4v) is 2.12. The summed E-state index contributed by atoms with van der Waals surface area (Å²) in [5, 5.41) is 8.30. The maximum Gasteiger partial charge on any atom is 0.161 e. The Bertz CT molecular complexity index is 731. The lowest BCUT2D eigenvalue weighted by molar-refractivity contribution is 0.627. The number of anilines is 1. The van der Waals surface area contributed by atoms with Gasteiger partial charge in [-0.25, -0.2) is 4.39 Å². The van der Waals surface area contributed by atoms with E-state index in [2.05, 4.69) is 10.2 Å². The van der Waals surface area contributed by atoms with E-state index in [1.54, 1.807) is 12.1 Å². The number of aryl methyl sites for hydroxylation is 1. The van der Waals surface area contributed by atoms with Gasteiger partial charge in [0.05, 0.1) is 5.69 Å². The summed E-state index contributed by atoms with van der Waals surface area (Å²) in [6.07, 6.45) is 0.589. The van der Waals surface area contributed by atoms with Gasteiger partial charge >= 0.3 is 0 Å². The highest BCUT2D eigenvalue weighted by Crippen LogP contribution is 2.17. The Morgan fingerprint density at radius 1 is 1.11 bits per heavy atom. The molecule has 2 aromatic heterocycles. The third kappa shape index (κ3) is 2.03. The van der Waals surface area contributed by atoms with Gasteiger partial charge in [-0.1, -0.05) is 12.1 Å². The molecule has 0 aliphatic heterocycles. The first-order valence-corrected chi connectivity index (χ1v) is 5.98. The summed E-state index contributed by atoms with van der Waals surface area (Å²) in [6, 6.07) is 10.0. The van der Waals surface area contributed by atoms with Crippen LogP contribution in [-0.2, 0) is 6.42 Å². The van der Waals surface area contributed by atoms with E-state index in [0.29, 0.717) is 12.1 Å². The van der Waals surface area contributed by atoms with E-state index in [4.69, 9.17) is 5.73 Å². The van der Waals surface area contributed by atoms with Crippen molar-refractivity contribution in [1.29, 1.82) is 0 Å². The zero-order valence-corrected chi connectivity index (χ0v) is 10.5. The predicted molar refractivity (Wildman–Crippen MR) is 71.3 cm³/mol. The number of nitrogen functional groups attached to an aromatic ring is 1. The van der Waals surface area contributed by atoms with Crippen LogP contribution in [0.25, 0.3) is 5.65 Å². The number of nitrogens with zero attached hydrogens (tertiary/aromatic N) is 3. The topological polar surface area (TPSA) is 56.2 Å². The Hall–Kier alpha value is -2.43. The molecule has 0 amide bonds. The van der Waals surface area contributed by atoms with E-state index in [-0.39, 0.29) is 5.82 Å². The van der Waals surface area contributed by atoms with Crippen molar-refractivity contribution < 1.29 is 4.39 Å². The minimum Gasteiger partial charge on any atom is -0.397 e. The van der Waals surface area contributed by atoms with Crippen molar-refractivity contribution in [3.05, 3.63) is 59.3 Å². The number of benzene rings is 1. The van der Waals surface area contributed by atoms with Crippen LogP contribution in [0.15, 0.2) is 36.4 Å². The van der Waals surface area contributed by atoms with Gasteiger partial charge in [-0.2, -0.15) is 0 Å². The van der Waals surface area contributed by atoms with Gasteiger partial charge in [0.15, 0.2) is 5.65 Å². The van der Waals surface area contributed by atoms with Crippen LogP contribution >= 0.6 is 0 Å². The van der Waals surface area contributed by atoms with Crippen molar-refractivity contribution in [2.24, 2.45) is 0 Å². The number of halogens is 1. The summed E-state index contributed by atoms with van der Waals surface area (Å²) >= 11 is 0. The minimum atomic E-state index is -0.240. The van der Waals surface area contributed by atoms with Crippen molar-refractivity contribution >= 4 is 11.3 Å². The van der Waals surface area contributed by atoms with Gasteiger partial charge < -0.3 is 5.73 Å². The first kappa shape index (κ1) is 11.6. The van der Waals surface area contributed by atoms with Crippen molar-refractivity contribution in [2.75, 3.05) is 5.73 Å². The molecular weight excluding hydrogens is 243 g/mol. The minimum absolute atomic E-state index is 0.240. The highest BCUT2D eigenvalue weighted by atomic mass is 19.1. The molecule has 0 unspecified atom stereocenters. The molecule has 5 heteroatoms. The van der Waals surface area contributed by atoms with Crippen molar-refractivity contribution in [1.82, 2.24) is 14.6 Å². The SMILES string of the molecule is Cc1c(N)ccc2nnc(Cc3ccc(F)cc3)n12. The van der Waals surface area contributed by atoms with Gasteiger partial charge in [0.2, 0.25) is 0 Å². The first-order valence-electron chi connectivity index (χ1n) is 5.98. The largest absolute Gasteiger partial charge is 0.397 e. The molecule has 1 aromatic carbocycles. The Morgan fingerprint density at radius 2 is 1.84 bits per heavy atom. The number of hydrogen-bond acceptors (Lipinski definition) is 3. The van der Waals surface area contributed by atoms with E-state index in [1.807, 2.05) is 23.5 Å². The monoisotopic (exact) mass is 256 g/mol. The molecule has 2 N–H and O–H groups in total. The Balaban J connectivity index is 2.06. The highest BCUT2D eigenvalue weighted by molar-refractivity contribution is 5.52. The fraction of sp³-hybridized carbons (Fsp3) is 0.143. The van der Waals surface area contributed by atoms with Crippen LogP contribution in [0.4, 0.5) is 10.1 Å². The standard InChI is InChI=1S/C14H13FN4/c1-9-12(16)6-7-13-17-18-14(19(9)13)8-10-2-4-11(15)5-3-10/h2-7H,8,16H2,1H3. The second-order valence-electron chi connectivity index (χ2n) is 4.49. The fourth-order valence-electron chi connectivity index (χ4n) is 2.12. The van der Waals surface area contributed by atoms with Crippen molar-refractivity contribution in [3.63, 3.8) is 0 Å². The quantitative estimate of drug-likeness (QED) is 0.765. The molecular formula is C14H13FN4. The van der Waals surface area contributed by atoms with Crippen LogP contribution in [0, 0.1) is 12.7 Å². The van der Waals surface area contributed by atoms with Crippen molar-refractivity contribution in [3.8, 4) is 0 Å². The van der Waals surface area contributed by atoms with Gasteiger partial charge in [0.25, 0.3) is 0 Å². The third-order valence-electron chi connectivity index (χ3n) is 3.20. The predicted octanol–water partition coefficient (Wildman–Crippen LogP) is 2.35. The van der Waals surface area contributed by atoms with E-state index in [9.17, 15) is 4.39 Å². The molecule has 4 nitrogen and oxygen atoms in total. The molecule has 96 valence electrons. The second kappa shape index (κ2) is 4.35. The summed E-state index contributed by atoms with van der Waals surface area (Å²) in [4.78, 5) is 0. The molecule has 3 aromatic rings. The number of nitrogens with two attached hydrogens (primary N) is 1. The lowest BCUT2D eigenvalue weighted by Gasteiger charge is -2.06. The Labute approximate surface area is 109 Å². The van der Waals surface area contributed by atoms with Crippen LogP contribution in [0.2, 0.25) is 0 Å². The van der Waals surface area contributed by atoms with E-state index in [0.717, 1.165) is 22.7 Å². The normalized spacial score (nSPS) is 11.1. The van der Waals surface area contributed by atoms with E-state index >= 15 is 0 Å². The zero-order chi connectivity index (χ0) is 13.4. The summed E-state index contributed by atoms with van der Waals surface area (Å²) in [7, 11) is 0. The van der Waals surface area contributed by atoms with Crippen LogP contribution < -0.4 is 5.73 Å². The number of fused-ring (bicyclic) bond motifs is 1. The molecule has 3 rings (SSSR count). The molecule has 0 aliphatic rings. The molecule has 0 saturated carbocycles. The lowest BCUT2D eigenvalue weighted by atomic mass is 10.1. The summed E-state index contributed by atoms with van der Waals surface area (Å²) < 4.78 is 14.8. The molecule has 19 heavy (non-hydrogen) atoms. The van der Waals surface area contributed by atoms with Crippen LogP contribution in [0.3, 0.4) is 0 Å². The number of rotatable bonds is 2. The molecule has 2 heterocycles. The molecule has 0 saturated heterocycles. The maximum absolute atomic E-state index is 12.9. The van der Waals surface area contributed by atoms with Crippen molar-refractivity contribution in [2.45, 2.75) is 13.3 Å². The summed E-state index contributed by atoms with van der Waals surface area (Å²) in [6.45, 7) is 1.93. The molecule has 0 aliphatic carbocycles. The van der Waals surface area contributed by atoms with Crippen LogP contribution in [-0.4, -0.2) is 14.6 Å². The summed E-state index contributed by atoms with van der Waals surface area (Å²) in [5.74, 6) is 0.557. The third-order valence-corrected chi connectivity index (χ3v) is 3.20. The van der Waals surface area contributed by atoms with E-state index in [1.165, 1.54) is 12.1 Å². The molecule has 0 bridgehead atoms. The highest BCUT2D eigenvalue weighted by Gasteiger charge is 2.10.